The minimum atomic E-state index is -0.562. The number of hydrogen-bond acceptors (Lipinski definition) is 4. The molecule has 1 atom stereocenters. The van der Waals surface area contributed by atoms with Crippen molar-refractivity contribution >= 4 is 17.3 Å². The van der Waals surface area contributed by atoms with Crippen molar-refractivity contribution < 1.29 is 4.79 Å². The summed E-state index contributed by atoms with van der Waals surface area (Å²) >= 11 is 0. The van der Waals surface area contributed by atoms with Gasteiger partial charge >= 0.3 is 5.69 Å². The summed E-state index contributed by atoms with van der Waals surface area (Å²) in [5, 5.41) is 3.23. The molecule has 0 fully saturated rings. The van der Waals surface area contributed by atoms with Crippen molar-refractivity contribution in [2.45, 2.75) is 25.7 Å². The van der Waals surface area contributed by atoms with E-state index in [-0.39, 0.29) is 5.78 Å². The molecule has 0 unspecified atom stereocenters. The number of aromatic nitrogens is 2. The summed E-state index contributed by atoms with van der Waals surface area (Å²) in [5.74, 6) is 0.138. The number of rotatable bonds is 2. The van der Waals surface area contributed by atoms with E-state index in [1.807, 2.05) is 42.5 Å². The van der Waals surface area contributed by atoms with Crippen molar-refractivity contribution in [2.24, 2.45) is 7.05 Å². The fraction of sp³-hybridized carbons (Fsp3) is 0.208. The Hall–Kier alpha value is -3.67. The molecule has 2 aliphatic rings. The zero-order valence-corrected chi connectivity index (χ0v) is 16.9. The molecule has 0 amide bonds. The van der Waals surface area contributed by atoms with Crippen LogP contribution in [0.1, 0.15) is 58.3 Å². The van der Waals surface area contributed by atoms with Gasteiger partial charge in [-0.3, -0.25) is 19.1 Å². The van der Waals surface area contributed by atoms with E-state index in [4.69, 9.17) is 0 Å². The maximum absolute atomic E-state index is 13.4. The average Bonchev–Trinajstić information content (AvgIpc) is 3.03. The number of nitrogens with zero attached hydrogens (tertiary/aromatic N) is 1. The highest BCUT2D eigenvalue weighted by molar-refractivity contribution is 6.23. The Bertz CT molecular complexity index is 1360. The number of aromatic amines is 1. The van der Waals surface area contributed by atoms with Gasteiger partial charge in [-0.05, 0) is 17.0 Å². The lowest BCUT2D eigenvalue weighted by atomic mass is 9.81. The summed E-state index contributed by atoms with van der Waals surface area (Å²) in [6.45, 7) is 4.24. The van der Waals surface area contributed by atoms with Crippen LogP contribution in [0.3, 0.4) is 0 Å². The molecule has 1 aromatic heterocycles. The SMILES string of the molecule is CC(C)c1ccc([C@H]2C3=C(Nc4c2c(=O)[nH]c(=O)n4C)c2ccccc2C3=O)cc1. The fourth-order valence-electron chi connectivity index (χ4n) is 4.44. The number of benzene rings is 2. The van der Waals surface area contributed by atoms with E-state index in [1.165, 1.54) is 10.1 Å². The second-order valence-corrected chi connectivity index (χ2v) is 8.12. The van der Waals surface area contributed by atoms with Crippen LogP contribution in [-0.2, 0) is 7.05 Å². The molecule has 0 saturated carbocycles. The smallest absolute Gasteiger partial charge is 0.329 e. The van der Waals surface area contributed by atoms with Crippen LogP contribution in [0.15, 0.2) is 63.7 Å². The van der Waals surface area contributed by atoms with Gasteiger partial charge in [0.15, 0.2) is 5.78 Å². The van der Waals surface area contributed by atoms with Crippen LogP contribution >= 0.6 is 0 Å². The molecular weight excluding hydrogens is 378 g/mol. The largest absolute Gasteiger partial charge is 0.340 e. The van der Waals surface area contributed by atoms with Gasteiger partial charge in [-0.2, -0.15) is 0 Å². The first kappa shape index (κ1) is 18.4. The van der Waals surface area contributed by atoms with Gasteiger partial charge < -0.3 is 5.32 Å². The van der Waals surface area contributed by atoms with E-state index in [9.17, 15) is 14.4 Å². The predicted molar refractivity (Wildman–Crippen MR) is 116 cm³/mol. The molecule has 5 rings (SSSR count). The zero-order chi connectivity index (χ0) is 21.2. The molecule has 6 nitrogen and oxygen atoms in total. The van der Waals surface area contributed by atoms with E-state index >= 15 is 0 Å². The van der Waals surface area contributed by atoms with E-state index in [0.29, 0.717) is 34.1 Å². The molecule has 2 N–H and O–H groups in total. The molecule has 1 aliphatic carbocycles. The van der Waals surface area contributed by atoms with Crippen molar-refractivity contribution in [3.05, 3.63) is 103 Å². The lowest BCUT2D eigenvalue weighted by Crippen LogP contribution is -2.37. The van der Waals surface area contributed by atoms with E-state index in [0.717, 1.165) is 11.1 Å². The fourth-order valence-corrected chi connectivity index (χ4v) is 4.44. The average molecular weight is 399 g/mol. The summed E-state index contributed by atoms with van der Waals surface area (Å²) < 4.78 is 1.39. The van der Waals surface area contributed by atoms with Crippen LogP contribution in [0.4, 0.5) is 5.82 Å². The van der Waals surface area contributed by atoms with E-state index in [1.54, 1.807) is 13.1 Å². The number of nitrogens with one attached hydrogen (secondary N) is 2. The Labute approximate surface area is 172 Å². The third-order valence-electron chi connectivity index (χ3n) is 6.07. The number of allylic oxidation sites excluding steroid dienone is 1. The molecule has 0 spiro atoms. The van der Waals surface area contributed by atoms with Crippen molar-refractivity contribution in [3.8, 4) is 0 Å². The van der Waals surface area contributed by atoms with Crippen LogP contribution in [0.2, 0.25) is 0 Å². The van der Waals surface area contributed by atoms with Gasteiger partial charge in [0, 0.05) is 29.7 Å². The van der Waals surface area contributed by atoms with E-state index < -0.39 is 17.2 Å². The molecule has 2 aromatic carbocycles. The minimum Gasteiger partial charge on any atom is -0.340 e. The molecule has 0 saturated heterocycles. The number of ketones is 1. The number of carbonyl (C=O) groups excluding carboxylic acids is 1. The summed E-state index contributed by atoms with van der Waals surface area (Å²) in [6, 6.07) is 15.4. The lowest BCUT2D eigenvalue weighted by Gasteiger charge is -2.29. The Morgan fingerprint density at radius 2 is 1.60 bits per heavy atom. The van der Waals surface area contributed by atoms with Crippen LogP contribution in [-0.4, -0.2) is 15.3 Å². The van der Waals surface area contributed by atoms with Gasteiger partial charge in [-0.1, -0.05) is 62.4 Å². The van der Waals surface area contributed by atoms with Gasteiger partial charge in [-0.15, -0.1) is 0 Å². The Kier molecular flexibility index (Phi) is 3.93. The first-order valence-corrected chi connectivity index (χ1v) is 9.96. The number of H-pyrrole nitrogens is 1. The van der Waals surface area contributed by atoms with Gasteiger partial charge in [0.2, 0.25) is 0 Å². The lowest BCUT2D eigenvalue weighted by molar-refractivity contribution is 0.103. The standard InChI is InChI=1S/C24H21N3O3/c1-12(2)13-8-10-14(11-9-13)17-18-20(15-6-4-5-7-16(15)21(18)28)25-22-19(17)23(29)26-24(30)27(22)3/h4-12,17,25H,1-3H3,(H,26,29,30)/t17-/m0/s1. The van der Waals surface area contributed by atoms with Crippen LogP contribution in [0, 0.1) is 0 Å². The number of fused-ring (bicyclic) bond motifs is 3. The maximum atomic E-state index is 13.4. The molecule has 6 heteroatoms. The topological polar surface area (TPSA) is 84.0 Å². The second kappa shape index (κ2) is 6.42. The van der Waals surface area contributed by atoms with Crippen molar-refractivity contribution in [1.29, 1.82) is 0 Å². The summed E-state index contributed by atoms with van der Waals surface area (Å²) in [6.07, 6.45) is 0. The second-order valence-electron chi connectivity index (χ2n) is 8.12. The molecule has 30 heavy (non-hydrogen) atoms. The monoisotopic (exact) mass is 399 g/mol. The Morgan fingerprint density at radius 3 is 2.27 bits per heavy atom. The Balaban J connectivity index is 1.81. The van der Waals surface area contributed by atoms with Crippen molar-refractivity contribution in [1.82, 2.24) is 9.55 Å². The van der Waals surface area contributed by atoms with E-state index in [2.05, 4.69) is 24.1 Å². The summed E-state index contributed by atoms with van der Waals surface area (Å²) in [7, 11) is 1.61. The number of carbonyl (C=O) groups is 1. The van der Waals surface area contributed by atoms with Crippen molar-refractivity contribution in [2.75, 3.05) is 5.32 Å². The van der Waals surface area contributed by atoms with Gasteiger partial charge in [0.05, 0.1) is 11.3 Å². The highest BCUT2D eigenvalue weighted by Gasteiger charge is 2.42. The number of anilines is 1. The predicted octanol–water partition coefficient (Wildman–Crippen LogP) is 3.36. The van der Waals surface area contributed by atoms with Crippen molar-refractivity contribution in [3.63, 3.8) is 0 Å². The minimum absolute atomic E-state index is 0.0926. The molecule has 0 bridgehead atoms. The first-order chi connectivity index (χ1) is 14.4. The summed E-state index contributed by atoms with van der Waals surface area (Å²) in [5.41, 5.74) is 4.04. The highest BCUT2D eigenvalue weighted by atomic mass is 16.2. The molecular formula is C24H21N3O3. The highest BCUT2D eigenvalue weighted by Crippen LogP contribution is 2.47. The third-order valence-corrected chi connectivity index (χ3v) is 6.07. The first-order valence-electron chi connectivity index (χ1n) is 9.96. The molecule has 1 aliphatic heterocycles. The molecule has 2 heterocycles. The number of hydrogen-bond donors (Lipinski definition) is 2. The molecule has 150 valence electrons. The normalized spacial score (nSPS) is 16.9. The quantitative estimate of drug-likeness (QED) is 0.692. The Morgan fingerprint density at radius 1 is 0.933 bits per heavy atom. The zero-order valence-electron chi connectivity index (χ0n) is 16.9. The summed E-state index contributed by atoms with van der Waals surface area (Å²) in [4.78, 5) is 41.0. The molecule has 3 aromatic rings. The van der Waals surface area contributed by atoms with Crippen LogP contribution in [0.5, 0.6) is 0 Å². The number of Topliss-reactive ketones (excluding diaryl/α,β-unsaturated/α-hetero) is 1. The maximum Gasteiger partial charge on any atom is 0.329 e. The van der Waals surface area contributed by atoms with Crippen LogP contribution in [0.25, 0.3) is 5.70 Å². The van der Waals surface area contributed by atoms with Gasteiger partial charge in [0.25, 0.3) is 5.56 Å². The molecule has 0 radical (unpaired) electrons. The van der Waals surface area contributed by atoms with Crippen LogP contribution < -0.4 is 16.6 Å². The van der Waals surface area contributed by atoms with Gasteiger partial charge in [-0.25, -0.2) is 4.79 Å². The van der Waals surface area contributed by atoms with Gasteiger partial charge in [0.1, 0.15) is 5.82 Å². The third kappa shape index (κ3) is 2.46.